The molecular formula is C15H23ClFN. The Hall–Kier alpha value is -0.600. The number of halogens is 2. The molecule has 1 N–H and O–H groups in total. The van der Waals surface area contributed by atoms with Crippen LogP contribution in [0.3, 0.4) is 0 Å². The van der Waals surface area contributed by atoms with Crippen molar-refractivity contribution in [3.8, 4) is 0 Å². The third kappa shape index (κ3) is 4.95. The van der Waals surface area contributed by atoms with Gasteiger partial charge in [-0.05, 0) is 49.4 Å². The van der Waals surface area contributed by atoms with Crippen molar-refractivity contribution in [2.45, 2.75) is 46.6 Å². The predicted molar refractivity (Wildman–Crippen MR) is 76.7 cm³/mol. The Balaban J connectivity index is 2.69. The van der Waals surface area contributed by atoms with Gasteiger partial charge in [-0.25, -0.2) is 4.39 Å². The largest absolute Gasteiger partial charge is 0.315 e. The highest BCUT2D eigenvalue weighted by Crippen LogP contribution is 2.30. The number of hydrogen-bond donors (Lipinski definition) is 1. The van der Waals surface area contributed by atoms with E-state index in [0.29, 0.717) is 11.1 Å². The lowest BCUT2D eigenvalue weighted by Crippen LogP contribution is -2.32. The van der Waals surface area contributed by atoms with Crippen molar-refractivity contribution in [2.24, 2.45) is 5.41 Å². The van der Waals surface area contributed by atoms with Crippen molar-refractivity contribution in [3.63, 3.8) is 0 Å². The van der Waals surface area contributed by atoms with Crippen LogP contribution >= 0.6 is 11.6 Å². The molecule has 0 heterocycles. The normalized spacial score (nSPS) is 13.7. The topological polar surface area (TPSA) is 12.0 Å². The van der Waals surface area contributed by atoms with Crippen molar-refractivity contribution in [3.05, 3.63) is 34.6 Å². The van der Waals surface area contributed by atoms with Crippen molar-refractivity contribution < 1.29 is 4.39 Å². The van der Waals surface area contributed by atoms with E-state index in [2.05, 4.69) is 33.0 Å². The summed E-state index contributed by atoms with van der Waals surface area (Å²) in [5, 5.41) is 3.95. The van der Waals surface area contributed by atoms with Crippen molar-refractivity contribution >= 4 is 11.6 Å². The van der Waals surface area contributed by atoms with Gasteiger partial charge in [0.2, 0.25) is 0 Å². The molecule has 0 saturated heterocycles. The summed E-state index contributed by atoms with van der Waals surface area (Å²) in [6, 6.07) is 5.13. The lowest BCUT2D eigenvalue weighted by Gasteiger charge is -2.29. The van der Waals surface area contributed by atoms with Crippen LogP contribution in [0.2, 0.25) is 5.02 Å². The molecule has 0 fully saturated rings. The van der Waals surface area contributed by atoms with Crippen LogP contribution < -0.4 is 5.32 Å². The Morgan fingerprint density at radius 1 is 1.39 bits per heavy atom. The molecule has 0 aromatic heterocycles. The van der Waals surface area contributed by atoms with Crippen LogP contribution in [0.1, 0.15) is 39.7 Å². The number of benzene rings is 1. The van der Waals surface area contributed by atoms with E-state index in [0.717, 1.165) is 24.9 Å². The van der Waals surface area contributed by atoms with Gasteiger partial charge < -0.3 is 5.32 Å². The molecule has 1 rings (SSSR count). The molecule has 0 saturated carbocycles. The first-order valence-electron chi connectivity index (χ1n) is 6.51. The van der Waals surface area contributed by atoms with Gasteiger partial charge >= 0.3 is 0 Å². The molecule has 1 atom stereocenters. The maximum Gasteiger partial charge on any atom is 0.124 e. The van der Waals surface area contributed by atoms with Crippen LogP contribution in [0, 0.1) is 11.2 Å². The number of nitrogens with one attached hydrogen (secondary N) is 1. The maximum atomic E-state index is 13.0. The summed E-state index contributed by atoms with van der Waals surface area (Å²) < 4.78 is 13.0. The van der Waals surface area contributed by atoms with E-state index in [1.165, 1.54) is 12.1 Å². The number of hydrogen-bond acceptors (Lipinski definition) is 1. The molecule has 0 aliphatic carbocycles. The second-order valence-electron chi connectivity index (χ2n) is 5.74. The zero-order chi connectivity index (χ0) is 13.8. The summed E-state index contributed by atoms with van der Waals surface area (Å²) in [5.41, 5.74) is 1.16. The third-order valence-electron chi connectivity index (χ3n) is 3.10. The smallest absolute Gasteiger partial charge is 0.124 e. The predicted octanol–water partition coefficient (Wildman–Crippen LogP) is 4.44. The maximum absolute atomic E-state index is 13.0. The summed E-state index contributed by atoms with van der Waals surface area (Å²) >= 11 is 6.08. The summed E-state index contributed by atoms with van der Waals surface area (Å²) in [5.74, 6) is -0.275. The second kappa shape index (κ2) is 6.53. The van der Waals surface area contributed by atoms with Gasteiger partial charge in [-0.15, -0.1) is 0 Å². The highest BCUT2D eigenvalue weighted by Gasteiger charge is 2.22. The zero-order valence-corrected chi connectivity index (χ0v) is 12.4. The van der Waals surface area contributed by atoms with Crippen molar-refractivity contribution in [1.82, 2.24) is 5.32 Å². The lowest BCUT2D eigenvalue weighted by atomic mass is 9.80. The van der Waals surface area contributed by atoms with Crippen LogP contribution in [0.15, 0.2) is 18.2 Å². The van der Waals surface area contributed by atoms with Crippen LogP contribution in [0.4, 0.5) is 4.39 Å². The van der Waals surface area contributed by atoms with E-state index in [9.17, 15) is 4.39 Å². The minimum atomic E-state index is -0.275. The summed E-state index contributed by atoms with van der Waals surface area (Å²) in [7, 11) is 0. The average molecular weight is 272 g/mol. The van der Waals surface area contributed by atoms with Crippen LogP contribution in [0.5, 0.6) is 0 Å². The molecule has 0 bridgehead atoms. The average Bonchev–Trinajstić information content (AvgIpc) is 2.21. The van der Waals surface area contributed by atoms with Gasteiger partial charge in [0.15, 0.2) is 0 Å². The Kier molecular flexibility index (Phi) is 5.61. The number of rotatable bonds is 6. The first-order chi connectivity index (χ1) is 8.34. The Bertz CT molecular complexity index is 390. The van der Waals surface area contributed by atoms with Gasteiger partial charge in [0.1, 0.15) is 5.82 Å². The molecule has 0 spiro atoms. The minimum Gasteiger partial charge on any atom is -0.315 e. The highest BCUT2D eigenvalue weighted by molar-refractivity contribution is 6.31. The zero-order valence-electron chi connectivity index (χ0n) is 11.7. The SMILES string of the molecule is CCNC(C)CC(C)(C)Cc1ccc(F)cc1Cl. The minimum absolute atomic E-state index is 0.142. The molecule has 102 valence electrons. The molecule has 3 heteroatoms. The van der Waals surface area contributed by atoms with E-state index < -0.39 is 0 Å². The summed E-state index contributed by atoms with van der Waals surface area (Å²) in [6.07, 6.45) is 1.93. The Labute approximate surface area is 115 Å². The Morgan fingerprint density at radius 2 is 2.06 bits per heavy atom. The Morgan fingerprint density at radius 3 is 2.61 bits per heavy atom. The molecule has 1 aromatic rings. The van der Waals surface area contributed by atoms with Gasteiger partial charge in [-0.3, -0.25) is 0 Å². The summed E-state index contributed by atoms with van der Waals surface area (Å²) in [4.78, 5) is 0. The third-order valence-corrected chi connectivity index (χ3v) is 3.45. The molecule has 0 aliphatic rings. The van der Waals surface area contributed by atoms with Gasteiger partial charge in [0.05, 0.1) is 0 Å². The molecule has 1 nitrogen and oxygen atoms in total. The van der Waals surface area contributed by atoms with Gasteiger partial charge in [-0.1, -0.05) is 38.4 Å². The van der Waals surface area contributed by atoms with Crippen molar-refractivity contribution in [1.29, 1.82) is 0 Å². The fourth-order valence-electron chi connectivity index (χ4n) is 2.50. The molecular weight excluding hydrogens is 249 g/mol. The fourth-order valence-corrected chi connectivity index (χ4v) is 2.74. The van der Waals surface area contributed by atoms with E-state index in [-0.39, 0.29) is 11.2 Å². The van der Waals surface area contributed by atoms with Gasteiger partial charge in [0, 0.05) is 11.1 Å². The molecule has 18 heavy (non-hydrogen) atoms. The summed E-state index contributed by atoms with van der Waals surface area (Å²) in [6.45, 7) is 9.73. The lowest BCUT2D eigenvalue weighted by molar-refractivity contribution is 0.289. The van der Waals surface area contributed by atoms with E-state index in [1.54, 1.807) is 6.07 Å². The van der Waals surface area contributed by atoms with Gasteiger partial charge in [-0.2, -0.15) is 0 Å². The van der Waals surface area contributed by atoms with Gasteiger partial charge in [0.25, 0.3) is 0 Å². The van der Waals surface area contributed by atoms with E-state index in [1.807, 2.05) is 0 Å². The van der Waals surface area contributed by atoms with Crippen LogP contribution in [-0.4, -0.2) is 12.6 Å². The van der Waals surface area contributed by atoms with E-state index >= 15 is 0 Å². The second-order valence-corrected chi connectivity index (χ2v) is 6.15. The first-order valence-corrected chi connectivity index (χ1v) is 6.89. The monoisotopic (exact) mass is 271 g/mol. The standard InChI is InChI=1S/C15H23ClFN/c1-5-18-11(2)9-15(3,4)10-12-6-7-13(17)8-14(12)16/h6-8,11,18H,5,9-10H2,1-4H3. The quantitative estimate of drug-likeness (QED) is 0.807. The van der Waals surface area contributed by atoms with Crippen molar-refractivity contribution in [2.75, 3.05) is 6.54 Å². The van der Waals surface area contributed by atoms with Crippen LogP contribution in [-0.2, 0) is 6.42 Å². The fraction of sp³-hybridized carbons (Fsp3) is 0.600. The highest BCUT2D eigenvalue weighted by atomic mass is 35.5. The van der Waals surface area contributed by atoms with E-state index in [4.69, 9.17) is 11.6 Å². The molecule has 1 unspecified atom stereocenters. The first kappa shape index (κ1) is 15.5. The molecule has 0 amide bonds. The molecule has 1 aromatic carbocycles. The molecule has 0 aliphatic heterocycles. The molecule has 0 radical (unpaired) electrons. The van der Waals surface area contributed by atoms with Crippen LogP contribution in [0.25, 0.3) is 0 Å².